The van der Waals surface area contributed by atoms with Gasteiger partial charge in [-0.05, 0) is 12.3 Å². The second-order valence-corrected chi connectivity index (χ2v) is 2.34. The summed E-state index contributed by atoms with van der Waals surface area (Å²) >= 11 is 0. The zero-order chi connectivity index (χ0) is 6.53. The van der Waals surface area contributed by atoms with Crippen LogP contribution in [0.5, 0.6) is 0 Å². The smallest absolute Gasteiger partial charge is 0.00787 e. The lowest BCUT2D eigenvalue weighted by Gasteiger charge is -1.97. The third-order valence-electron chi connectivity index (χ3n) is 1.37. The Kier molecular flexibility index (Phi) is 2.32. The highest BCUT2D eigenvalue weighted by molar-refractivity contribution is 5.12. The summed E-state index contributed by atoms with van der Waals surface area (Å²) in [4.78, 5) is 0. The number of hydrogen-bond acceptors (Lipinski definition) is 0. The van der Waals surface area contributed by atoms with Gasteiger partial charge in [0, 0.05) is 0 Å². The molecule has 0 spiro atoms. The van der Waals surface area contributed by atoms with Crippen molar-refractivity contribution in [3.63, 3.8) is 0 Å². The second kappa shape index (κ2) is 3.29. The van der Waals surface area contributed by atoms with E-state index < -0.39 is 0 Å². The van der Waals surface area contributed by atoms with E-state index in [1.807, 2.05) is 0 Å². The molecule has 0 heterocycles. The Morgan fingerprint density at radius 1 is 1.11 bits per heavy atom. The van der Waals surface area contributed by atoms with Gasteiger partial charge in [0.25, 0.3) is 0 Å². The molecule has 1 unspecified atom stereocenters. The van der Waals surface area contributed by atoms with E-state index >= 15 is 0 Å². The van der Waals surface area contributed by atoms with Crippen LogP contribution in [0, 0.1) is 5.92 Å². The van der Waals surface area contributed by atoms with Crippen molar-refractivity contribution in [2.45, 2.75) is 13.3 Å². The van der Waals surface area contributed by atoms with Gasteiger partial charge in [-0.3, -0.25) is 0 Å². The Bertz CT molecular complexity index is 149. The van der Waals surface area contributed by atoms with E-state index in [4.69, 9.17) is 0 Å². The normalized spacial score (nSPS) is 25.7. The Balaban J connectivity index is 2.61. The first-order chi connectivity index (χ1) is 4.39. The summed E-state index contributed by atoms with van der Waals surface area (Å²) in [7, 11) is 0. The summed E-state index contributed by atoms with van der Waals surface area (Å²) in [5.41, 5.74) is 0. The highest BCUT2D eigenvalue weighted by Gasteiger charge is 1.87. The summed E-state index contributed by atoms with van der Waals surface area (Å²) in [6.07, 6.45) is 14.0. The van der Waals surface area contributed by atoms with Crippen molar-refractivity contribution in [3.8, 4) is 0 Å². The molecule has 0 bridgehead atoms. The van der Waals surface area contributed by atoms with Crippen molar-refractivity contribution in [2.75, 3.05) is 0 Å². The van der Waals surface area contributed by atoms with Crippen LogP contribution in [-0.2, 0) is 0 Å². The molecule has 1 aliphatic carbocycles. The van der Waals surface area contributed by atoms with E-state index in [1.54, 1.807) is 0 Å². The first-order valence-electron chi connectivity index (χ1n) is 3.39. The number of rotatable bonds is 0. The van der Waals surface area contributed by atoms with E-state index in [2.05, 4.69) is 43.4 Å². The average Bonchev–Trinajstić information content (AvgIpc) is 1.79. The van der Waals surface area contributed by atoms with Gasteiger partial charge in [0.2, 0.25) is 0 Å². The third kappa shape index (κ3) is 2.31. The molecule has 9 heavy (non-hydrogen) atoms. The van der Waals surface area contributed by atoms with Crippen LogP contribution in [0.1, 0.15) is 13.3 Å². The maximum Gasteiger partial charge on any atom is -0.00787 e. The van der Waals surface area contributed by atoms with E-state index in [9.17, 15) is 0 Å². The van der Waals surface area contributed by atoms with Crippen LogP contribution in [0.2, 0.25) is 0 Å². The minimum absolute atomic E-state index is 0.606. The number of hydrogen-bond donors (Lipinski definition) is 0. The lowest BCUT2D eigenvalue weighted by molar-refractivity contribution is 0.931. The Morgan fingerprint density at radius 2 is 2.00 bits per heavy atom. The lowest BCUT2D eigenvalue weighted by Crippen LogP contribution is -1.81. The molecule has 0 amide bonds. The molecule has 0 aromatic rings. The van der Waals surface area contributed by atoms with E-state index in [0.717, 1.165) is 6.42 Å². The zero-order valence-electron chi connectivity index (χ0n) is 5.75. The minimum atomic E-state index is 0.606. The first kappa shape index (κ1) is 6.34. The van der Waals surface area contributed by atoms with Gasteiger partial charge >= 0.3 is 0 Å². The standard InChI is InChI=1S/C9H12/c1-9-7-5-3-2-4-6-8-9/h2-3,5-9H,4H2,1H3. The second-order valence-electron chi connectivity index (χ2n) is 2.34. The fraction of sp³-hybridized carbons (Fsp3) is 0.333. The van der Waals surface area contributed by atoms with Gasteiger partial charge < -0.3 is 0 Å². The van der Waals surface area contributed by atoms with Gasteiger partial charge in [0.05, 0.1) is 0 Å². The van der Waals surface area contributed by atoms with Gasteiger partial charge in [-0.15, -0.1) is 0 Å². The quantitative estimate of drug-likeness (QED) is 0.431. The molecule has 1 atom stereocenters. The van der Waals surface area contributed by atoms with Crippen LogP contribution in [0.3, 0.4) is 0 Å². The predicted octanol–water partition coefficient (Wildman–Crippen LogP) is 2.69. The summed E-state index contributed by atoms with van der Waals surface area (Å²) in [6, 6.07) is 0. The largest absolute Gasteiger partial charge is 0.0842 e. The van der Waals surface area contributed by atoms with Crippen molar-refractivity contribution >= 4 is 0 Å². The molecule has 0 radical (unpaired) electrons. The molecular formula is C9H12. The fourth-order valence-corrected chi connectivity index (χ4v) is 0.832. The molecule has 0 saturated carbocycles. The summed E-state index contributed by atoms with van der Waals surface area (Å²) in [5.74, 6) is 0.606. The molecule has 0 aromatic carbocycles. The summed E-state index contributed by atoms with van der Waals surface area (Å²) in [6.45, 7) is 2.19. The molecule has 0 N–H and O–H groups in total. The van der Waals surface area contributed by atoms with Gasteiger partial charge in [-0.1, -0.05) is 43.4 Å². The SMILES string of the molecule is CC1C=CC=CCC=C1. The van der Waals surface area contributed by atoms with Gasteiger partial charge in [-0.25, -0.2) is 0 Å². The van der Waals surface area contributed by atoms with Crippen LogP contribution in [0.4, 0.5) is 0 Å². The van der Waals surface area contributed by atoms with Gasteiger partial charge in [0.1, 0.15) is 0 Å². The van der Waals surface area contributed by atoms with Gasteiger partial charge in [-0.2, -0.15) is 0 Å². The molecule has 0 heteroatoms. The third-order valence-corrected chi connectivity index (χ3v) is 1.37. The fourth-order valence-electron chi connectivity index (χ4n) is 0.832. The van der Waals surface area contributed by atoms with Crippen molar-refractivity contribution in [2.24, 2.45) is 5.92 Å². The van der Waals surface area contributed by atoms with Crippen LogP contribution in [0.15, 0.2) is 36.5 Å². The monoisotopic (exact) mass is 120 g/mol. The van der Waals surface area contributed by atoms with Crippen LogP contribution in [-0.4, -0.2) is 0 Å². The zero-order valence-corrected chi connectivity index (χ0v) is 5.75. The van der Waals surface area contributed by atoms with Crippen LogP contribution >= 0.6 is 0 Å². The predicted molar refractivity (Wildman–Crippen MR) is 41.2 cm³/mol. The summed E-state index contributed by atoms with van der Waals surface area (Å²) < 4.78 is 0. The van der Waals surface area contributed by atoms with Crippen molar-refractivity contribution in [1.82, 2.24) is 0 Å². The summed E-state index contributed by atoms with van der Waals surface area (Å²) in [5, 5.41) is 0. The van der Waals surface area contributed by atoms with Gasteiger partial charge in [0.15, 0.2) is 0 Å². The topological polar surface area (TPSA) is 0 Å². The maximum absolute atomic E-state index is 2.22. The molecule has 0 aliphatic heterocycles. The number of allylic oxidation sites excluding steroid dienone is 6. The van der Waals surface area contributed by atoms with E-state index in [1.165, 1.54) is 0 Å². The first-order valence-corrected chi connectivity index (χ1v) is 3.39. The Morgan fingerprint density at radius 3 is 2.89 bits per heavy atom. The van der Waals surface area contributed by atoms with Crippen molar-refractivity contribution in [3.05, 3.63) is 36.5 Å². The minimum Gasteiger partial charge on any atom is -0.0842 e. The molecule has 1 rings (SSSR count). The lowest BCUT2D eigenvalue weighted by atomic mass is 10.1. The highest BCUT2D eigenvalue weighted by atomic mass is 13.9. The molecule has 0 aromatic heterocycles. The highest BCUT2D eigenvalue weighted by Crippen LogP contribution is 2.03. The maximum atomic E-state index is 2.22. The molecule has 0 nitrogen and oxygen atoms in total. The molecule has 0 fully saturated rings. The Labute approximate surface area is 56.6 Å². The van der Waals surface area contributed by atoms with E-state index in [0.29, 0.717) is 5.92 Å². The van der Waals surface area contributed by atoms with E-state index in [-0.39, 0.29) is 0 Å². The average molecular weight is 120 g/mol. The molecule has 48 valence electrons. The Hall–Kier alpha value is -0.780. The van der Waals surface area contributed by atoms with Crippen molar-refractivity contribution in [1.29, 1.82) is 0 Å². The molecule has 0 saturated heterocycles. The van der Waals surface area contributed by atoms with Crippen LogP contribution in [0.25, 0.3) is 0 Å². The molecule has 1 aliphatic rings. The molecular weight excluding hydrogens is 108 g/mol. The van der Waals surface area contributed by atoms with Crippen LogP contribution < -0.4 is 0 Å². The van der Waals surface area contributed by atoms with Crippen molar-refractivity contribution < 1.29 is 0 Å².